The van der Waals surface area contributed by atoms with Crippen LogP contribution in [0.2, 0.25) is 0 Å². The van der Waals surface area contributed by atoms with Crippen molar-refractivity contribution in [3.8, 4) is 0 Å². The first-order valence-corrected chi connectivity index (χ1v) is 5.69. The quantitative estimate of drug-likeness (QED) is 0.810. The summed E-state index contributed by atoms with van der Waals surface area (Å²) in [5.74, 6) is -0.141. The van der Waals surface area contributed by atoms with Crippen molar-refractivity contribution in [2.75, 3.05) is 6.54 Å². The number of hydrogen-bond acceptors (Lipinski definition) is 1. The fourth-order valence-electron chi connectivity index (χ4n) is 2.66. The van der Waals surface area contributed by atoms with Crippen molar-refractivity contribution in [1.29, 1.82) is 0 Å². The van der Waals surface area contributed by atoms with E-state index >= 15 is 0 Å². The maximum atomic E-state index is 13.0. The maximum Gasteiger partial charge on any atom is 0.123 e. The molecule has 0 atom stereocenters. The minimum absolute atomic E-state index is 0.141. The molecule has 1 aliphatic rings. The van der Waals surface area contributed by atoms with E-state index < -0.39 is 0 Å². The Kier molecular flexibility index (Phi) is 3.06. The summed E-state index contributed by atoms with van der Waals surface area (Å²) in [5, 5.41) is 0. The zero-order valence-corrected chi connectivity index (χ0v) is 9.01. The summed E-state index contributed by atoms with van der Waals surface area (Å²) in [6.45, 7) is 0.726. The number of benzene rings is 1. The fourth-order valence-corrected chi connectivity index (χ4v) is 2.66. The number of hydrogen-bond donors (Lipinski definition) is 1. The van der Waals surface area contributed by atoms with Gasteiger partial charge in [0.05, 0.1) is 0 Å². The minimum Gasteiger partial charge on any atom is -0.330 e. The van der Waals surface area contributed by atoms with Crippen LogP contribution in [0.25, 0.3) is 0 Å². The van der Waals surface area contributed by atoms with Crippen molar-refractivity contribution in [2.24, 2.45) is 11.1 Å². The molecule has 2 rings (SSSR count). The Hall–Kier alpha value is -0.890. The van der Waals surface area contributed by atoms with Gasteiger partial charge in [-0.1, -0.05) is 25.0 Å². The Labute approximate surface area is 90.5 Å². The van der Waals surface area contributed by atoms with Crippen molar-refractivity contribution in [1.82, 2.24) is 0 Å². The summed E-state index contributed by atoms with van der Waals surface area (Å²) in [6.07, 6.45) is 5.86. The van der Waals surface area contributed by atoms with E-state index in [9.17, 15) is 4.39 Å². The van der Waals surface area contributed by atoms with E-state index in [0.29, 0.717) is 0 Å². The van der Waals surface area contributed by atoms with E-state index in [1.165, 1.54) is 31.7 Å². The first-order chi connectivity index (χ1) is 7.24. The van der Waals surface area contributed by atoms with Crippen molar-refractivity contribution >= 4 is 0 Å². The lowest BCUT2D eigenvalue weighted by Gasteiger charge is -2.27. The molecule has 0 heterocycles. The molecule has 0 bridgehead atoms. The van der Waals surface area contributed by atoms with Gasteiger partial charge >= 0.3 is 0 Å². The Morgan fingerprint density at radius 3 is 2.60 bits per heavy atom. The highest BCUT2D eigenvalue weighted by atomic mass is 19.1. The van der Waals surface area contributed by atoms with E-state index in [-0.39, 0.29) is 11.2 Å². The van der Waals surface area contributed by atoms with Crippen molar-refractivity contribution < 1.29 is 4.39 Å². The third-order valence-corrected chi connectivity index (χ3v) is 3.57. The molecule has 82 valence electrons. The molecule has 0 spiro atoms. The molecule has 1 saturated carbocycles. The topological polar surface area (TPSA) is 26.0 Å². The summed E-state index contributed by atoms with van der Waals surface area (Å²) >= 11 is 0. The van der Waals surface area contributed by atoms with Crippen LogP contribution in [0.15, 0.2) is 24.3 Å². The lowest BCUT2D eigenvalue weighted by molar-refractivity contribution is 0.306. The second-order valence-corrected chi connectivity index (χ2v) is 4.72. The molecule has 1 fully saturated rings. The van der Waals surface area contributed by atoms with E-state index in [0.717, 1.165) is 18.5 Å². The number of nitrogens with two attached hydrogens (primary N) is 1. The van der Waals surface area contributed by atoms with Crippen LogP contribution < -0.4 is 5.73 Å². The molecule has 1 nitrogen and oxygen atoms in total. The van der Waals surface area contributed by atoms with Gasteiger partial charge in [0.25, 0.3) is 0 Å². The van der Waals surface area contributed by atoms with Gasteiger partial charge in [0.2, 0.25) is 0 Å². The predicted molar refractivity (Wildman–Crippen MR) is 60.1 cm³/mol. The van der Waals surface area contributed by atoms with E-state index in [2.05, 4.69) is 0 Å². The van der Waals surface area contributed by atoms with Gasteiger partial charge in [-0.3, -0.25) is 0 Å². The summed E-state index contributed by atoms with van der Waals surface area (Å²) in [7, 11) is 0. The van der Waals surface area contributed by atoms with Gasteiger partial charge in [-0.05, 0) is 48.9 Å². The van der Waals surface area contributed by atoms with Crippen LogP contribution in [-0.4, -0.2) is 6.54 Å². The summed E-state index contributed by atoms with van der Waals surface area (Å²) in [6, 6.07) is 6.91. The molecule has 15 heavy (non-hydrogen) atoms. The summed E-state index contributed by atoms with van der Waals surface area (Å²) < 4.78 is 13.0. The molecule has 0 aromatic heterocycles. The molecule has 0 amide bonds. The van der Waals surface area contributed by atoms with Gasteiger partial charge in [0.15, 0.2) is 0 Å². The van der Waals surface area contributed by atoms with Crippen LogP contribution >= 0.6 is 0 Å². The smallest absolute Gasteiger partial charge is 0.123 e. The lowest BCUT2D eigenvalue weighted by atomic mass is 9.80. The second-order valence-electron chi connectivity index (χ2n) is 4.72. The Balaban J connectivity index is 2.12. The van der Waals surface area contributed by atoms with Crippen LogP contribution in [0.3, 0.4) is 0 Å². The highest BCUT2D eigenvalue weighted by Gasteiger charge is 2.32. The first kappa shape index (κ1) is 10.6. The number of rotatable bonds is 3. The van der Waals surface area contributed by atoms with Crippen LogP contribution in [0.1, 0.15) is 31.2 Å². The van der Waals surface area contributed by atoms with E-state index in [4.69, 9.17) is 5.73 Å². The Morgan fingerprint density at radius 1 is 1.27 bits per heavy atom. The maximum absolute atomic E-state index is 13.0. The molecule has 2 N–H and O–H groups in total. The predicted octanol–water partition coefficient (Wildman–Crippen LogP) is 2.89. The minimum atomic E-state index is -0.141. The van der Waals surface area contributed by atoms with Gasteiger partial charge < -0.3 is 5.73 Å². The second kappa shape index (κ2) is 4.31. The standard InChI is InChI=1S/C13H18FN/c14-12-5-3-4-11(8-12)9-13(10-15)6-1-2-7-13/h3-5,8H,1-2,6-7,9-10,15H2. The van der Waals surface area contributed by atoms with E-state index in [1.807, 2.05) is 6.07 Å². The number of halogens is 1. The van der Waals surface area contributed by atoms with Crippen LogP contribution in [0.5, 0.6) is 0 Å². The first-order valence-electron chi connectivity index (χ1n) is 5.69. The molecule has 0 radical (unpaired) electrons. The zero-order chi connectivity index (χ0) is 10.7. The normalized spacial score (nSPS) is 19.3. The van der Waals surface area contributed by atoms with Gasteiger partial charge in [-0.15, -0.1) is 0 Å². The van der Waals surface area contributed by atoms with Crippen LogP contribution in [0, 0.1) is 11.2 Å². The average Bonchev–Trinajstić information content (AvgIpc) is 2.67. The molecule has 1 aliphatic carbocycles. The van der Waals surface area contributed by atoms with Gasteiger partial charge in [0.1, 0.15) is 5.82 Å². The molecule has 0 unspecified atom stereocenters. The highest BCUT2D eigenvalue weighted by molar-refractivity contribution is 5.18. The van der Waals surface area contributed by atoms with Crippen LogP contribution in [-0.2, 0) is 6.42 Å². The van der Waals surface area contributed by atoms with Crippen LogP contribution in [0.4, 0.5) is 4.39 Å². The molecule has 0 aliphatic heterocycles. The molecule has 1 aromatic carbocycles. The SMILES string of the molecule is NCC1(Cc2cccc(F)c2)CCCC1. The Morgan fingerprint density at radius 2 is 2.00 bits per heavy atom. The third kappa shape index (κ3) is 2.37. The largest absolute Gasteiger partial charge is 0.330 e. The molecule has 2 heteroatoms. The van der Waals surface area contributed by atoms with Gasteiger partial charge in [0, 0.05) is 0 Å². The van der Waals surface area contributed by atoms with Crippen molar-refractivity contribution in [3.05, 3.63) is 35.6 Å². The monoisotopic (exact) mass is 207 g/mol. The third-order valence-electron chi connectivity index (χ3n) is 3.57. The molecule has 1 aromatic rings. The van der Waals surface area contributed by atoms with Crippen molar-refractivity contribution in [2.45, 2.75) is 32.1 Å². The zero-order valence-electron chi connectivity index (χ0n) is 9.01. The molecule has 0 saturated heterocycles. The Bertz CT molecular complexity index is 329. The molecular formula is C13H18FN. The van der Waals surface area contributed by atoms with Crippen molar-refractivity contribution in [3.63, 3.8) is 0 Å². The molecular weight excluding hydrogens is 189 g/mol. The summed E-state index contributed by atoms with van der Waals surface area (Å²) in [4.78, 5) is 0. The summed E-state index contributed by atoms with van der Waals surface area (Å²) in [5.41, 5.74) is 7.19. The van der Waals surface area contributed by atoms with E-state index in [1.54, 1.807) is 12.1 Å². The van der Waals surface area contributed by atoms with Gasteiger partial charge in [-0.25, -0.2) is 4.39 Å². The highest BCUT2D eigenvalue weighted by Crippen LogP contribution is 2.39. The average molecular weight is 207 g/mol. The van der Waals surface area contributed by atoms with Gasteiger partial charge in [-0.2, -0.15) is 0 Å². The lowest BCUT2D eigenvalue weighted by Crippen LogP contribution is -2.29. The fraction of sp³-hybridized carbons (Fsp3) is 0.538.